The number of para-hydroxylation sites is 1. The summed E-state index contributed by atoms with van der Waals surface area (Å²) in [6.45, 7) is 3.07. The summed E-state index contributed by atoms with van der Waals surface area (Å²) in [7, 11) is 1.64. The van der Waals surface area contributed by atoms with Crippen LogP contribution in [0.25, 0.3) is 21.9 Å². The average molecular weight is 409 g/mol. The van der Waals surface area contributed by atoms with Gasteiger partial charge in [0, 0.05) is 17.5 Å². The topological polar surface area (TPSA) is 49.0 Å². The average Bonchev–Trinajstić information content (AvgIpc) is 3.10. The summed E-state index contributed by atoms with van der Waals surface area (Å²) < 4.78 is 9.22. The van der Waals surface area contributed by atoms with Crippen molar-refractivity contribution in [1.82, 2.24) is 14.1 Å². The molecule has 0 saturated carbocycles. The van der Waals surface area contributed by atoms with Gasteiger partial charge in [-0.3, -0.25) is 9.36 Å². The highest BCUT2D eigenvalue weighted by molar-refractivity contribution is 6.05. The Bertz CT molecular complexity index is 1450. The molecule has 0 amide bonds. The number of hydrogen-bond donors (Lipinski definition) is 0. The quantitative estimate of drug-likeness (QED) is 0.420. The van der Waals surface area contributed by atoms with Gasteiger partial charge in [-0.25, -0.2) is 4.98 Å². The van der Waals surface area contributed by atoms with Crippen molar-refractivity contribution in [3.8, 4) is 5.75 Å². The molecule has 0 aliphatic carbocycles. The van der Waals surface area contributed by atoms with E-state index in [1.807, 2.05) is 42.5 Å². The summed E-state index contributed by atoms with van der Waals surface area (Å²) in [5, 5.41) is 1.01. The van der Waals surface area contributed by atoms with E-state index in [0.29, 0.717) is 18.6 Å². The molecule has 0 aliphatic rings. The maximum atomic E-state index is 13.7. The fraction of sp³-hybridized carbons (Fsp3) is 0.154. The first-order chi connectivity index (χ1) is 15.2. The monoisotopic (exact) mass is 409 g/mol. The SMILES string of the molecule is COc1ccccc1Cn1cnc2c3cc(C)ccc3n(Cc3ccccc3)c2c1=O. The molecule has 0 aliphatic heterocycles. The van der Waals surface area contributed by atoms with E-state index in [9.17, 15) is 4.79 Å². The van der Waals surface area contributed by atoms with Crippen LogP contribution in [-0.2, 0) is 13.1 Å². The summed E-state index contributed by atoms with van der Waals surface area (Å²) in [5.74, 6) is 0.759. The van der Waals surface area contributed by atoms with Crippen molar-refractivity contribution in [2.75, 3.05) is 7.11 Å². The van der Waals surface area contributed by atoms with Crippen LogP contribution in [-0.4, -0.2) is 21.2 Å². The second-order valence-electron chi connectivity index (χ2n) is 7.78. The summed E-state index contributed by atoms with van der Waals surface area (Å²) in [6.07, 6.45) is 1.64. The number of aryl methyl sites for hydroxylation is 1. The van der Waals surface area contributed by atoms with Gasteiger partial charge in [-0.1, -0.05) is 60.2 Å². The van der Waals surface area contributed by atoms with Gasteiger partial charge in [0.2, 0.25) is 0 Å². The van der Waals surface area contributed by atoms with Crippen LogP contribution < -0.4 is 10.3 Å². The molecule has 2 aromatic heterocycles. The maximum absolute atomic E-state index is 13.7. The third-order valence-corrected chi connectivity index (χ3v) is 5.70. The molecule has 0 radical (unpaired) electrons. The number of benzene rings is 3. The Labute approximate surface area is 180 Å². The predicted octanol–water partition coefficient (Wildman–Crippen LogP) is 4.76. The number of fused-ring (bicyclic) bond motifs is 3. The van der Waals surface area contributed by atoms with Gasteiger partial charge in [-0.15, -0.1) is 0 Å². The minimum absolute atomic E-state index is 0.0549. The van der Waals surface area contributed by atoms with Gasteiger partial charge in [0.05, 0.1) is 25.5 Å². The smallest absolute Gasteiger partial charge is 0.278 e. The lowest BCUT2D eigenvalue weighted by atomic mass is 10.1. The van der Waals surface area contributed by atoms with Gasteiger partial charge in [0.1, 0.15) is 16.8 Å². The third kappa shape index (κ3) is 3.38. The first kappa shape index (κ1) is 19.1. The van der Waals surface area contributed by atoms with Gasteiger partial charge in [0.15, 0.2) is 0 Å². The molecule has 2 heterocycles. The lowest BCUT2D eigenvalue weighted by Gasteiger charge is -2.11. The fourth-order valence-corrected chi connectivity index (χ4v) is 4.17. The molecule has 5 aromatic rings. The Kier molecular flexibility index (Phi) is 4.79. The van der Waals surface area contributed by atoms with Crippen LogP contribution in [0.2, 0.25) is 0 Å². The minimum Gasteiger partial charge on any atom is -0.496 e. The Morgan fingerprint density at radius 1 is 0.935 bits per heavy atom. The molecule has 0 atom stereocenters. The molecule has 0 bridgehead atoms. The van der Waals surface area contributed by atoms with Gasteiger partial charge in [-0.2, -0.15) is 0 Å². The molecule has 3 aromatic carbocycles. The van der Waals surface area contributed by atoms with E-state index < -0.39 is 0 Å². The van der Waals surface area contributed by atoms with Crippen molar-refractivity contribution in [3.63, 3.8) is 0 Å². The van der Waals surface area contributed by atoms with Crippen molar-refractivity contribution in [3.05, 3.63) is 106 Å². The minimum atomic E-state index is -0.0549. The van der Waals surface area contributed by atoms with Gasteiger partial charge in [0.25, 0.3) is 5.56 Å². The molecular weight excluding hydrogens is 386 g/mol. The zero-order chi connectivity index (χ0) is 21.4. The Morgan fingerprint density at radius 2 is 1.71 bits per heavy atom. The van der Waals surface area contributed by atoms with Crippen molar-refractivity contribution in [1.29, 1.82) is 0 Å². The molecule has 0 fully saturated rings. The number of rotatable bonds is 5. The van der Waals surface area contributed by atoms with Crippen molar-refractivity contribution < 1.29 is 4.74 Å². The number of aromatic nitrogens is 3. The van der Waals surface area contributed by atoms with Gasteiger partial charge in [-0.05, 0) is 30.7 Å². The molecule has 154 valence electrons. The zero-order valence-corrected chi connectivity index (χ0v) is 17.6. The standard InChI is InChI=1S/C26H23N3O2/c1-18-12-13-22-21(14-18)24-25(29(22)15-19-8-4-3-5-9-19)26(30)28(17-27-24)16-20-10-6-7-11-23(20)31-2/h3-14,17H,15-16H2,1-2H3. The lowest BCUT2D eigenvalue weighted by Crippen LogP contribution is -2.23. The molecule has 0 saturated heterocycles. The molecule has 0 N–H and O–H groups in total. The number of methoxy groups -OCH3 is 1. The molecule has 0 unspecified atom stereocenters. The molecule has 5 rings (SSSR count). The van der Waals surface area contributed by atoms with Crippen LogP contribution in [0.5, 0.6) is 5.75 Å². The van der Waals surface area contributed by atoms with Crippen LogP contribution in [0.3, 0.4) is 0 Å². The van der Waals surface area contributed by atoms with Crippen LogP contribution >= 0.6 is 0 Å². The van der Waals surface area contributed by atoms with E-state index in [1.54, 1.807) is 18.0 Å². The fourth-order valence-electron chi connectivity index (χ4n) is 4.17. The normalized spacial score (nSPS) is 11.3. The first-order valence-corrected chi connectivity index (χ1v) is 10.3. The van der Waals surface area contributed by atoms with Crippen molar-refractivity contribution in [2.24, 2.45) is 0 Å². The zero-order valence-electron chi connectivity index (χ0n) is 17.6. The maximum Gasteiger partial charge on any atom is 0.278 e. The highest BCUT2D eigenvalue weighted by Gasteiger charge is 2.17. The third-order valence-electron chi connectivity index (χ3n) is 5.70. The van der Waals surface area contributed by atoms with Crippen molar-refractivity contribution >= 4 is 21.9 Å². The number of hydrogen-bond acceptors (Lipinski definition) is 3. The Morgan fingerprint density at radius 3 is 2.52 bits per heavy atom. The second kappa shape index (κ2) is 7.76. The largest absolute Gasteiger partial charge is 0.496 e. The molecular formula is C26H23N3O2. The van der Waals surface area contributed by atoms with E-state index in [-0.39, 0.29) is 5.56 Å². The van der Waals surface area contributed by atoms with Crippen molar-refractivity contribution in [2.45, 2.75) is 20.0 Å². The summed E-state index contributed by atoms with van der Waals surface area (Å²) >= 11 is 0. The number of nitrogens with zero attached hydrogens (tertiary/aromatic N) is 3. The summed E-state index contributed by atoms with van der Waals surface area (Å²) in [6, 6.07) is 24.2. The highest BCUT2D eigenvalue weighted by atomic mass is 16.5. The Balaban J connectivity index is 1.73. The van der Waals surface area contributed by atoms with Crippen LogP contribution in [0, 0.1) is 6.92 Å². The van der Waals surface area contributed by atoms with E-state index in [2.05, 4.69) is 41.8 Å². The number of ether oxygens (including phenoxy) is 1. The highest BCUT2D eigenvalue weighted by Crippen LogP contribution is 2.27. The van der Waals surface area contributed by atoms with Crippen LogP contribution in [0.15, 0.2) is 83.9 Å². The molecule has 0 spiro atoms. The van der Waals surface area contributed by atoms with E-state index in [1.165, 1.54) is 0 Å². The van der Waals surface area contributed by atoms with E-state index >= 15 is 0 Å². The van der Waals surface area contributed by atoms with Crippen LogP contribution in [0.4, 0.5) is 0 Å². The molecule has 5 heteroatoms. The van der Waals surface area contributed by atoms with Crippen LogP contribution in [0.1, 0.15) is 16.7 Å². The summed E-state index contributed by atoms with van der Waals surface area (Å²) in [4.78, 5) is 18.4. The predicted molar refractivity (Wildman–Crippen MR) is 124 cm³/mol. The van der Waals surface area contributed by atoms with E-state index in [4.69, 9.17) is 9.72 Å². The van der Waals surface area contributed by atoms with Gasteiger partial charge >= 0.3 is 0 Å². The Hall–Kier alpha value is -3.86. The second-order valence-corrected chi connectivity index (χ2v) is 7.78. The molecule has 31 heavy (non-hydrogen) atoms. The van der Waals surface area contributed by atoms with E-state index in [0.717, 1.165) is 38.9 Å². The van der Waals surface area contributed by atoms with Gasteiger partial charge < -0.3 is 9.30 Å². The summed E-state index contributed by atoms with van der Waals surface area (Å²) in [5.41, 5.74) is 5.56. The first-order valence-electron chi connectivity index (χ1n) is 10.3. The molecule has 5 nitrogen and oxygen atoms in total. The lowest BCUT2D eigenvalue weighted by molar-refractivity contribution is 0.408.